The summed E-state index contributed by atoms with van der Waals surface area (Å²) in [6.45, 7) is 6.38. The molecule has 0 saturated heterocycles. The fraction of sp³-hybridized carbons (Fsp3) is 0.500. The predicted molar refractivity (Wildman–Crippen MR) is 56.2 cm³/mol. The van der Waals surface area contributed by atoms with Crippen LogP contribution in [0.3, 0.4) is 0 Å². The molecule has 72 valence electrons. The molecule has 1 aromatic carbocycles. The molecule has 0 saturated carbocycles. The molecule has 0 aromatic heterocycles. The van der Waals surface area contributed by atoms with E-state index >= 15 is 0 Å². The number of aryl methyl sites for hydroxylation is 1. The highest BCUT2D eigenvalue weighted by molar-refractivity contribution is 5.27. The number of benzene rings is 1. The zero-order valence-corrected chi connectivity index (χ0v) is 8.71. The maximum atomic E-state index is 5.66. The topological polar surface area (TPSA) is 9.23 Å². The second kappa shape index (κ2) is 4.90. The fourth-order valence-corrected chi connectivity index (χ4v) is 1.12. The summed E-state index contributed by atoms with van der Waals surface area (Å²) in [4.78, 5) is 0. The van der Waals surface area contributed by atoms with E-state index in [2.05, 4.69) is 32.9 Å². The second-order valence-corrected chi connectivity index (χ2v) is 3.33. The Hall–Kier alpha value is -0.980. The molecular formula is C12H18O. The van der Waals surface area contributed by atoms with Gasteiger partial charge in [0.2, 0.25) is 0 Å². The third-order valence-electron chi connectivity index (χ3n) is 2.24. The molecule has 13 heavy (non-hydrogen) atoms. The van der Waals surface area contributed by atoms with Gasteiger partial charge in [-0.25, -0.2) is 0 Å². The van der Waals surface area contributed by atoms with Crippen LogP contribution in [0, 0.1) is 0 Å². The van der Waals surface area contributed by atoms with Gasteiger partial charge in [0.25, 0.3) is 0 Å². The highest BCUT2D eigenvalue weighted by Crippen LogP contribution is 2.14. The minimum Gasteiger partial charge on any atom is -0.491 e. The molecule has 0 aliphatic rings. The van der Waals surface area contributed by atoms with Crippen molar-refractivity contribution in [1.29, 1.82) is 0 Å². The van der Waals surface area contributed by atoms with Crippen molar-refractivity contribution in [2.24, 2.45) is 0 Å². The van der Waals surface area contributed by atoms with E-state index in [4.69, 9.17) is 4.74 Å². The summed E-state index contributed by atoms with van der Waals surface area (Å²) in [5, 5.41) is 0. The van der Waals surface area contributed by atoms with Crippen LogP contribution in [-0.4, -0.2) is 6.10 Å². The first-order valence-electron chi connectivity index (χ1n) is 5.01. The van der Waals surface area contributed by atoms with Crippen LogP contribution in [0.5, 0.6) is 5.75 Å². The van der Waals surface area contributed by atoms with E-state index in [9.17, 15) is 0 Å². The van der Waals surface area contributed by atoms with Gasteiger partial charge in [0.1, 0.15) is 5.75 Å². The Morgan fingerprint density at radius 3 is 2.23 bits per heavy atom. The number of hydrogen-bond donors (Lipinski definition) is 0. The van der Waals surface area contributed by atoms with Crippen LogP contribution >= 0.6 is 0 Å². The van der Waals surface area contributed by atoms with Crippen molar-refractivity contribution in [1.82, 2.24) is 0 Å². The van der Waals surface area contributed by atoms with E-state index in [1.807, 2.05) is 12.1 Å². The molecule has 1 unspecified atom stereocenters. The normalized spacial score (nSPS) is 12.5. The molecule has 0 radical (unpaired) electrons. The molecule has 0 spiro atoms. The predicted octanol–water partition coefficient (Wildman–Crippen LogP) is 3.43. The Balaban J connectivity index is 2.58. The molecule has 0 heterocycles. The molecule has 1 aromatic rings. The monoisotopic (exact) mass is 178 g/mol. The second-order valence-electron chi connectivity index (χ2n) is 3.33. The van der Waals surface area contributed by atoms with Gasteiger partial charge in [0, 0.05) is 0 Å². The van der Waals surface area contributed by atoms with Crippen LogP contribution in [0.2, 0.25) is 0 Å². The van der Waals surface area contributed by atoms with Crippen LogP contribution in [0.1, 0.15) is 32.8 Å². The first kappa shape index (κ1) is 10.1. The summed E-state index contributed by atoms with van der Waals surface area (Å²) in [6, 6.07) is 8.34. The molecule has 1 nitrogen and oxygen atoms in total. The van der Waals surface area contributed by atoms with Gasteiger partial charge in [-0.15, -0.1) is 0 Å². The molecule has 0 bridgehead atoms. The molecule has 1 heteroatoms. The van der Waals surface area contributed by atoms with Crippen molar-refractivity contribution < 1.29 is 4.74 Å². The molecule has 0 aliphatic heterocycles. The van der Waals surface area contributed by atoms with Gasteiger partial charge in [0.05, 0.1) is 6.10 Å². The largest absolute Gasteiger partial charge is 0.491 e. The first-order valence-corrected chi connectivity index (χ1v) is 5.01. The molecule has 0 N–H and O–H groups in total. The van der Waals surface area contributed by atoms with Gasteiger partial charge in [-0.3, -0.25) is 0 Å². The number of ether oxygens (including phenoxy) is 1. The van der Waals surface area contributed by atoms with Crippen molar-refractivity contribution in [3.8, 4) is 5.75 Å². The lowest BCUT2D eigenvalue weighted by Crippen LogP contribution is -2.09. The maximum absolute atomic E-state index is 5.66. The Morgan fingerprint density at radius 1 is 1.15 bits per heavy atom. The van der Waals surface area contributed by atoms with E-state index in [0.717, 1.165) is 18.6 Å². The molecule has 0 amide bonds. The highest BCUT2D eigenvalue weighted by Gasteiger charge is 1.99. The summed E-state index contributed by atoms with van der Waals surface area (Å²) in [5.41, 5.74) is 1.36. The van der Waals surface area contributed by atoms with E-state index in [-0.39, 0.29) is 0 Å². The Morgan fingerprint density at radius 2 is 1.77 bits per heavy atom. The highest BCUT2D eigenvalue weighted by atomic mass is 16.5. The quantitative estimate of drug-likeness (QED) is 0.686. The zero-order chi connectivity index (χ0) is 9.68. The van der Waals surface area contributed by atoms with Gasteiger partial charge in [-0.1, -0.05) is 26.0 Å². The van der Waals surface area contributed by atoms with Gasteiger partial charge in [-0.2, -0.15) is 0 Å². The third kappa shape index (κ3) is 3.10. The van der Waals surface area contributed by atoms with Crippen molar-refractivity contribution in [2.75, 3.05) is 0 Å². The Kier molecular flexibility index (Phi) is 3.81. The Labute approximate surface area is 80.7 Å². The van der Waals surface area contributed by atoms with E-state index in [0.29, 0.717) is 6.10 Å². The van der Waals surface area contributed by atoms with E-state index in [1.165, 1.54) is 5.56 Å². The van der Waals surface area contributed by atoms with Crippen molar-refractivity contribution in [2.45, 2.75) is 39.7 Å². The lowest BCUT2D eigenvalue weighted by Gasteiger charge is -2.12. The smallest absolute Gasteiger partial charge is 0.119 e. The van der Waals surface area contributed by atoms with Crippen LogP contribution in [0.25, 0.3) is 0 Å². The Bertz CT molecular complexity index is 238. The van der Waals surface area contributed by atoms with Crippen LogP contribution < -0.4 is 4.74 Å². The summed E-state index contributed by atoms with van der Waals surface area (Å²) in [5.74, 6) is 0.978. The van der Waals surface area contributed by atoms with Crippen molar-refractivity contribution in [3.05, 3.63) is 29.8 Å². The molecule has 1 atom stereocenters. The summed E-state index contributed by atoms with van der Waals surface area (Å²) >= 11 is 0. The molecular weight excluding hydrogens is 160 g/mol. The molecule has 0 fully saturated rings. The molecule has 1 rings (SSSR count). The van der Waals surface area contributed by atoms with Crippen LogP contribution in [0.4, 0.5) is 0 Å². The van der Waals surface area contributed by atoms with Crippen molar-refractivity contribution in [3.63, 3.8) is 0 Å². The van der Waals surface area contributed by atoms with Gasteiger partial charge < -0.3 is 4.74 Å². The van der Waals surface area contributed by atoms with Gasteiger partial charge >= 0.3 is 0 Å². The zero-order valence-electron chi connectivity index (χ0n) is 8.71. The van der Waals surface area contributed by atoms with E-state index < -0.39 is 0 Å². The van der Waals surface area contributed by atoms with Gasteiger partial charge in [-0.05, 0) is 37.5 Å². The van der Waals surface area contributed by atoms with E-state index in [1.54, 1.807) is 0 Å². The summed E-state index contributed by atoms with van der Waals surface area (Å²) < 4.78 is 5.66. The standard InChI is InChI=1S/C12H18O/c1-4-10(3)13-12-8-6-11(5-2)7-9-12/h6-10H,4-5H2,1-3H3. The minimum atomic E-state index is 0.312. The lowest BCUT2D eigenvalue weighted by atomic mass is 10.2. The average Bonchev–Trinajstić information content (AvgIpc) is 2.19. The average molecular weight is 178 g/mol. The van der Waals surface area contributed by atoms with Crippen molar-refractivity contribution >= 4 is 0 Å². The number of rotatable bonds is 4. The fourth-order valence-electron chi connectivity index (χ4n) is 1.12. The summed E-state index contributed by atoms with van der Waals surface area (Å²) in [6.07, 6.45) is 2.45. The number of hydrogen-bond acceptors (Lipinski definition) is 1. The molecule has 0 aliphatic carbocycles. The third-order valence-corrected chi connectivity index (χ3v) is 2.24. The van der Waals surface area contributed by atoms with Crippen LogP contribution in [-0.2, 0) is 6.42 Å². The van der Waals surface area contributed by atoms with Gasteiger partial charge in [0.15, 0.2) is 0 Å². The SMILES string of the molecule is CCc1ccc(OC(C)CC)cc1. The first-order chi connectivity index (χ1) is 6.26. The van der Waals surface area contributed by atoms with Crippen LogP contribution in [0.15, 0.2) is 24.3 Å². The maximum Gasteiger partial charge on any atom is 0.119 e. The lowest BCUT2D eigenvalue weighted by molar-refractivity contribution is 0.217. The summed E-state index contributed by atoms with van der Waals surface area (Å²) in [7, 11) is 0. The minimum absolute atomic E-state index is 0.312.